The van der Waals surface area contributed by atoms with Crippen molar-refractivity contribution in [2.75, 3.05) is 6.61 Å². The van der Waals surface area contributed by atoms with Crippen molar-refractivity contribution < 1.29 is 9.53 Å². The summed E-state index contributed by atoms with van der Waals surface area (Å²) >= 11 is 0. The predicted molar refractivity (Wildman–Crippen MR) is 113 cm³/mol. The van der Waals surface area contributed by atoms with E-state index in [4.69, 9.17) is 4.74 Å². The number of hydrogen-bond donors (Lipinski definition) is 1. The molecule has 0 aromatic heterocycles. The number of fused-ring (bicyclic) bond motifs is 2. The van der Waals surface area contributed by atoms with Gasteiger partial charge in [0.2, 0.25) is 0 Å². The number of carbonyl (C=O) groups excluding carboxylic acids is 1. The smallest absolute Gasteiger partial charge is 0.258 e. The number of ether oxygens (including phenoxy) is 1. The van der Waals surface area contributed by atoms with Crippen molar-refractivity contribution in [1.29, 1.82) is 0 Å². The van der Waals surface area contributed by atoms with Gasteiger partial charge in [0, 0.05) is 0 Å². The Balaban J connectivity index is 1.39. The molecule has 3 nitrogen and oxygen atoms in total. The zero-order valence-electron chi connectivity index (χ0n) is 16.9. The maximum atomic E-state index is 12.6. The molecule has 0 heterocycles. The van der Waals surface area contributed by atoms with Crippen molar-refractivity contribution >= 4 is 5.91 Å². The van der Waals surface area contributed by atoms with Crippen LogP contribution in [0.4, 0.5) is 0 Å². The average Bonchev–Trinajstić information content (AvgIpc) is 2.75. The monoisotopic (exact) mass is 377 g/mol. The van der Waals surface area contributed by atoms with Crippen molar-refractivity contribution in [2.24, 2.45) is 0 Å². The number of aryl methyl sites for hydroxylation is 3. The molecule has 0 saturated carbocycles. The molecule has 0 bridgehead atoms. The van der Waals surface area contributed by atoms with Gasteiger partial charge in [0.25, 0.3) is 5.91 Å². The highest BCUT2D eigenvalue weighted by molar-refractivity contribution is 5.78. The minimum atomic E-state index is -0.0435. The molecule has 0 spiro atoms. The summed E-state index contributed by atoms with van der Waals surface area (Å²) in [4.78, 5) is 12.6. The SMILES string of the molecule is CC[C@H](NC(=O)COc1cccc2c1CCCC2)c1ccc2c(c1)CCCC2. The van der Waals surface area contributed by atoms with Gasteiger partial charge < -0.3 is 10.1 Å². The predicted octanol–water partition coefficient (Wildman–Crippen LogP) is 5.09. The van der Waals surface area contributed by atoms with E-state index in [0.717, 1.165) is 31.4 Å². The summed E-state index contributed by atoms with van der Waals surface area (Å²) in [6.45, 7) is 2.21. The van der Waals surface area contributed by atoms with Crippen LogP contribution >= 0.6 is 0 Å². The Kier molecular flexibility index (Phi) is 5.99. The molecule has 0 aliphatic heterocycles. The van der Waals surface area contributed by atoms with Gasteiger partial charge in [0.05, 0.1) is 6.04 Å². The molecule has 0 radical (unpaired) electrons. The average molecular weight is 378 g/mol. The van der Waals surface area contributed by atoms with E-state index < -0.39 is 0 Å². The number of rotatable bonds is 6. The third kappa shape index (κ3) is 4.24. The summed E-state index contributed by atoms with van der Waals surface area (Å²) < 4.78 is 5.93. The molecule has 3 heteroatoms. The van der Waals surface area contributed by atoms with E-state index in [-0.39, 0.29) is 18.6 Å². The van der Waals surface area contributed by atoms with Gasteiger partial charge in [-0.15, -0.1) is 0 Å². The first-order valence-electron chi connectivity index (χ1n) is 10.9. The van der Waals surface area contributed by atoms with Gasteiger partial charge in [0.1, 0.15) is 5.75 Å². The lowest BCUT2D eigenvalue weighted by Gasteiger charge is -2.22. The molecule has 0 saturated heterocycles. The van der Waals surface area contributed by atoms with Crippen LogP contribution in [0.25, 0.3) is 0 Å². The van der Waals surface area contributed by atoms with Crippen molar-refractivity contribution in [3.05, 3.63) is 64.2 Å². The Labute approximate surface area is 168 Å². The van der Waals surface area contributed by atoms with Crippen molar-refractivity contribution in [3.8, 4) is 5.75 Å². The maximum Gasteiger partial charge on any atom is 0.258 e. The van der Waals surface area contributed by atoms with Gasteiger partial charge in [-0.05, 0) is 91.7 Å². The van der Waals surface area contributed by atoms with Crippen LogP contribution in [0.2, 0.25) is 0 Å². The molecule has 1 atom stereocenters. The standard InChI is InChI=1S/C25H31NO2/c1-2-23(21-15-14-18-8-3-4-10-20(18)16-21)26-25(27)17-28-24-13-7-11-19-9-5-6-12-22(19)24/h7,11,13-16,23H,2-6,8-10,12,17H2,1H3,(H,26,27)/t23-/m0/s1. The molecule has 1 N–H and O–H groups in total. The first-order chi connectivity index (χ1) is 13.7. The lowest BCUT2D eigenvalue weighted by atomic mass is 9.89. The van der Waals surface area contributed by atoms with Gasteiger partial charge in [-0.2, -0.15) is 0 Å². The van der Waals surface area contributed by atoms with Crippen LogP contribution < -0.4 is 10.1 Å². The van der Waals surface area contributed by atoms with Crippen LogP contribution in [0.3, 0.4) is 0 Å². The van der Waals surface area contributed by atoms with Crippen LogP contribution in [0, 0.1) is 0 Å². The van der Waals surface area contributed by atoms with Gasteiger partial charge in [0.15, 0.2) is 6.61 Å². The summed E-state index contributed by atoms with van der Waals surface area (Å²) in [6, 6.07) is 13.0. The molecule has 2 aliphatic carbocycles. The fourth-order valence-corrected chi connectivity index (χ4v) is 4.65. The number of hydrogen-bond acceptors (Lipinski definition) is 2. The van der Waals surface area contributed by atoms with E-state index in [1.807, 2.05) is 12.1 Å². The second kappa shape index (κ2) is 8.81. The third-order valence-electron chi connectivity index (χ3n) is 6.23. The molecule has 148 valence electrons. The Morgan fingerprint density at radius 3 is 2.54 bits per heavy atom. The maximum absolute atomic E-state index is 12.6. The van der Waals surface area contributed by atoms with Crippen LogP contribution in [0.5, 0.6) is 5.75 Å². The van der Waals surface area contributed by atoms with Crippen LogP contribution in [0.1, 0.15) is 72.9 Å². The van der Waals surface area contributed by atoms with E-state index in [9.17, 15) is 4.79 Å². The Hall–Kier alpha value is -2.29. The van der Waals surface area contributed by atoms with Crippen molar-refractivity contribution in [2.45, 2.75) is 70.8 Å². The van der Waals surface area contributed by atoms with Gasteiger partial charge in [-0.3, -0.25) is 4.79 Å². The van der Waals surface area contributed by atoms with Crippen molar-refractivity contribution in [1.82, 2.24) is 5.32 Å². The minimum Gasteiger partial charge on any atom is -0.483 e. The molecule has 0 unspecified atom stereocenters. The van der Waals surface area contributed by atoms with Crippen molar-refractivity contribution in [3.63, 3.8) is 0 Å². The first-order valence-corrected chi connectivity index (χ1v) is 10.9. The highest BCUT2D eigenvalue weighted by atomic mass is 16.5. The quantitative estimate of drug-likeness (QED) is 0.761. The van der Waals surface area contributed by atoms with E-state index >= 15 is 0 Å². The molecule has 2 aromatic carbocycles. The fraction of sp³-hybridized carbons (Fsp3) is 0.480. The minimum absolute atomic E-state index is 0.0435. The number of carbonyl (C=O) groups is 1. The first kappa shape index (κ1) is 19.0. The zero-order chi connectivity index (χ0) is 19.3. The summed E-state index contributed by atoms with van der Waals surface area (Å²) in [5.74, 6) is 0.840. The number of nitrogens with one attached hydrogen (secondary N) is 1. The molecular weight excluding hydrogens is 346 g/mol. The highest BCUT2D eigenvalue weighted by Gasteiger charge is 2.18. The van der Waals surface area contributed by atoms with Crippen LogP contribution in [-0.2, 0) is 30.5 Å². The van der Waals surface area contributed by atoms with E-state index in [2.05, 4.69) is 36.5 Å². The number of benzene rings is 2. The molecule has 28 heavy (non-hydrogen) atoms. The highest BCUT2D eigenvalue weighted by Crippen LogP contribution is 2.30. The van der Waals surface area contributed by atoms with Crippen LogP contribution in [0.15, 0.2) is 36.4 Å². The van der Waals surface area contributed by atoms with Gasteiger partial charge >= 0.3 is 0 Å². The van der Waals surface area contributed by atoms with Gasteiger partial charge in [-0.1, -0.05) is 37.3 Å². The topological polar surface area (TPSA) is 38.3 Å². The zero-order valence-corrected chi connectivity index (χ0v) is 16.9. The Bertz CT molecular complexity index is 842. The summed E-state index contributed by atoms with van der Waals surface area (Å²) in [5.41, 5.74) is 6.83. The molecule has 0 fully saturated rings. The summed E-state index contributed by atoms with van der Waals surface area (Å²) in [7, 11) is 0. The third-order valence-corrected chi connectivity index (χ3v) is 6.23. The lowest BCUT2D eigenvalue weighted by Crippen LogP contribution is -2.32. The second-order valence-electron chi connectivity index (χ2n) is 8.15. The molecule has 2 aliphatic rings. The lowest BCUT2D eigenvalue weighted by molar-refractivity contribution is -0.123. The molecule has 1 amide bonds. The van der Waals surface area contributed by atoms with E-state index in [1.165, 1.54) is 59.9 Å². The van der Waals surface area contributed by atoms with Crippen LogP contribution in [-0.4, -0.2) is 12.5 Å². The fourth-order valence-electron chi connectivity index (χ4n) is 4.65. The summed E-state index contributed by atoms with van der Waals surface area (Å²) in [6.07, 6.45) is 10.4. The molecule has 2 aromatic rings. The van der Waals surface area contributed by atoms with E-state index in [1.54, 1.807) is 0 Å². The molecular formula is C25H31NO2. The van der Waals surface area contributed by atoms with Gasteiger partial charge in [-0.25, -0.2) is 0 Å². The largest absolute Gasteiger partial charge is 0.483 e. The number of amides is 1. The Morgan fingerprint density at radius 2 is 1.71 bits per heavy atom. The van der Waals surface area contributed by atoms with E-state index in [0.29, 0.717) is 0 Å². The second-order valence-corrected chi connectivity index (χ2v) is 8.15. The summed E-state index contributed by atoms with van der Waals surface area (Å²) in [5, 5.41) is 3.18. The molecule has 4 rings (SSSR count). The normalized spacial score (nSPS) is 16.6. The Morgan fingerprint density at radius 1 is 0.964 bits per heavy atom.